The number of nitrogens with one attached hydrogen (secondary N) is 1. The maximum absolute atomic E-state index is 11.1. The van der Waals surface area contributed by atoms with Crippen LogP contribution in [0.1, 0.15) is 39.2 Å². The smallest absolute Gasteiger partial charge is 0.221 e. The molecular formula is C24H28N4O2. The Labute approximate surface area is 177 Å². The summed E-state index contributed by atoms with van der Waals surface area (Å²) in [5, 5.41) is 11.5. The van der Waals surface area contributed by atoms with Gasteiger partial charge in [-0.05, 0) is 62.9 Å². The minimum atomic E-state index is -0.101. The third-order valence-corrected chi connectivity index (χ3v) is 4.83. The molecule has 0 saturated carbocycles. The van der Waals surface area contributed by atoms with E-state index in [-0.39, 0.29) is 12.0 Å². The molecule has 3 aromatic rings. The van der Waals surface area contributed by atoms with Crippen molar-refractivity contribution in [3.8, 4) is 22.6 Å². The highest BCUT2D eigenvalue weighted by Gasteiger charge is 2.10. The predicted molar refractivity (Wildman–Crippen MR) is 119 cm³/mol. The van der Waals surface area contributed by atoms with Gasteiger partial charge in [0.05, 0.1) is 12.3 Å². The van der Waals surface area contributed by atoms with Crippen LogP contribution in [0.3, 0.4) is 0 Å². The number of hydrogen-bond acceptors (Lipinski definition) is 5. The van der Waals surface area contributed by atoms with Crippen molar-refractivity contribution in [1.29, 1.82) is 0 Å². The zero-order chi connectivity index (χ0) is 21.3. The summed E-state index contributed by atoms with van der Waals surface area (Å²) in [6, 6.07) is 15.7. The summed E-state index contributed by atoms with van der Waals surface area (Å²) in [6.45, 7) is 6.38. The third-order valence-electron chi connectivity index (χ3n) is 4.83. The van der Waals surface area contributed by atoms with Crippen molar-refractivity contribution in [2.45, 2.75) is 46.1 Å². The predicted octanol–water partition coefficient (Wildman–Crippen LogP) is 4.91. The molecule has 6 nitrogen and oxygen atoms in total. The van der Waals surface area contributed by atoms with Gasteiger partial charge in [-0.2, -0.15) is 0 Å². The van der Waals surface area contributed by atoms with E-state index in [0.717, 1.165) is 48.4 Å². The number of carbonyl (C=O) groups excluding carboxylic acids is 1. The Kier molecular flexibility index (Phi) is 7.63. The number of aryl methyl sites for hydroxylation is 1. The van der Waals surface area contributed by atoms with Gasteiger partial charge in [0.1, 0.15) is 5.69 Å². The van der Waals surface area contributed by atoms with Crippen molar-refractivity contribution >= 4 is 11.6 Å². The Hall–Kier alpha value is -3.12. The number of ether oxygens (including phenoxy) is 1. The summed E-state index contributed by atoms with van der Waals surface area (Å²) < 4.78 is 5.62. The molecule has 1 atom stereocenters. The van der Waals surface area contributed by atoms with E-state index in [9.17, 15) is 4.79 Å². The maximum atomic E-state index is 11.1. The molecule has 0 fully saturated rings. The molecule has 0 spiro atoms. The van der Waals surface area contributed by atoms with Gasteiger partial charge in [-0.1, -0.05) is 24.3 Å². The number of benzene rings is 2. The van der Waals surface area contributed by atoms with E-state index in [1.807, 2.05) is 37.3 Å². The van der Waals surface area contributed by atoms with Crippen molar-refractivity contribution in [1.82, 2.24) is 15.2 Å². The van der Waals surface area contributed by atoms with Gasteiger partial charge in [0.25, 0.3) is 0 Å². The number of carbonyl (C=O) groups is 1. The molecular weight excluding hydrogens is 376 g/mol. The normalized spacial score (nSPS) is 11.8. The Balaban J connectivity index is 1.71. The van der Waals surface area contributed by atoms with Gasteiger partial charge in [-0.3, -0.25) is 4.79 Å². The number of nitrogens with zero attached hydrogens (tertiary/aromatic N) is 3. The highest BCUT2D eigenvalue weighted by atomic mass is 16.5. The second kappa shape index (κ2) is 10.6. The Morgan fingerprint density at radius 2 is 1.87 bits per heavy atom. The van der Waals surface area contributed by atoms with Crippen LogP contribution in [0.4, 0.5) is 5.69 Å². The molecule has 0 aliphatic carbocycles. The van der Waals surface area contributed by atoms with Crippen molar-refractivity contribution in [2.24, 2.45) is 0 Å². The van der Waals surface area contributed by atoms with Crippen molar-refractivity contribution < 1.29 is 9.53 Å². The molecule has 0 radical (unpaired) electrons. The van der Waals surface area contributed by atoms with E-state index >= 15 is 0 Å². The zero-order valence-corrected chi connectivity index (χ0v) is 17.8. The summed E-state index contributed by atoms with van der Waals surface area (Å²) in [4.78, 5) is 15.7. The summed E-state index contributed by atoms with van der Waals surface area (Å²) in [6.07, 6.45) is 5.09. The number of anilines is 1. The van der Waals surface area contributed by atoms with Crippen LogP contribution in [0.15, 0.2) is 54.7 Å². The van der Waals surface area contributed by atoms with Gasteiger partial charge in [0.2, 0.25) is 5.91 Å². The molecule has 1 heterocycles. The molecule has 1 unspecified atom stereocenters. The van der Waals surface area contributed by atoms with E-state index in [4.69, 9.17) is 4.74 Å². The Morgan fingerprint density at radius 1 is 1.10 bits per heavy atom. The largest absolute Gasteiger partial charge is 0.379 e. The van der Waals surface area contributed by atoms with E-state index in [1.165, 1.54) is 12.5 Å². The molecule has 1 aromatic heterocycles. The minimum Gasteiger partial charge on any atom is -0.379 e. The van der Waals surface area contributed by atoms with Crippen LogP contribution in [-0.4, -0.2) is 33.8 Å². The van der Waals surface area contributed by atoms with Crippen LogP contribution in [0.5, 0.6) is 0 Å². The van der Waals surface area contributed by atoms with Crippen LogP contribution in [0.25, 0.3) is 22.6 Å². The lowest BCUT2D eigenvalue weighted by Gasteiger charge is -2.12. The van der Waals surface area contributed by atoms with Crippen molar-refractivity contribution in [3.05, 3.63) is 60.3 Å². The second-order valence-electron chi connectivity index (χ2n) is 7.24. The SMILES string of the molecule is CCOC(C)CCCc1ccccc1-c1cnc(-c2ccc(NC(C)=O)cc2)nn1. The number of amides is 1. The van der Waals surface area contributed by atoms with E-state index in [1.54, 1.807) is 6.20 Å². The first-order chi connectivity index (χ1) is 14.6. The standard InChI is InChI=1S/C24H28N4O2/c1-4-30-17(2)8-7-10-19-9-5-6-11-22(19)23-16-25-24(28-27-23)20-12-14-21(15-13-20)26-18(3)29/h5-6,9,11-17H,4,7-8,10H2,1-3H3,(H,26,29). The lowest BCUT2D eigenvalue weighted by atomic mass is 9.99. The first kappa shape index (κ1) is 21.6. The average Bonchev–Trinajstić information content (AvgIpc) is 2.75. The van der Waals surface area contributed by atoms with Crippen LogP contribution < -0.4 is 5.32 Å². The van der Waals surface area contributed by atoms with Gasteiger partial charge in [0.15, 0.2) is 5.82 Å². The lowest BCUT2D eigenvalue weighted by molar-refractivity contribution is -0.114. The second-order valence-corrected chi connectivity index (χ2v) is 7.24. The molecule has 156 valence electrons. The van der Waals surface area contributed by atoms with Gasteiger partial charge in [-0.15, -0.1) is 10.2 Å². The molecule has 0 aliphatic heterocycles. The zero-order valence-electron chi connectivity index (χ0n) is 17.8. The Bertz CT molecular complexity index is 956. The molecule has 0 bridgehead atoms. The first-order valence-electron chi connectivity index (χ1n) is 10.3. The average molecular weight is 405 g/mol. The van der Waals surface area contributed by atoms with Gasteiger partial charge >= 0.3 is 0 Å². The molecule has 6 heteroatoms. The molecule has 1 N–H and O–H groups in total. The molecule has 0 aliphatic rings. The highest BCUT2D eigenvalue weighted by Crippen LogP contribution is 2.24. The van der Waals surface area contributed by atoms with Gasteiger partial charge in [-0.25, -0.2) is 4.98 Å². The molecule has 0 saturated heterocycles. The Morgan fingerprint density at radius 3 is 2.53 bits per heavy atom. The fourth-order valence-corrected chi connectivity index (χ4v) is 3.37. The maximum Gasteiger partial charge on any atom is 0.221 e. The lowest BCUT2D eigenvalue weighted by Crippen LogP contribution is -2.08. The van der Waals surface area contributed by atoms with Crippen LogP contribution in [-0.2, 0) is 16.0 Å². The summed E-state index contributed by atoms with van der Waals surface area (Å²) in [7, 11) is 0. The summed E-state index contributed by atoms with van der Waals surface area (Å²) >= 11 is 0. The summed E-state index contributed by atoms with van der Waals surface area (Å²) in [5.74, 6) is 0.451. The fourth-order valence-electron chi connectivity index (χ4n) is 3.37. The van der Waals surface area contributed by atoms with E-state index in [2.05, 4.69) is 45.6 Å². The summed E-state index contributed by atoms with van der Waals surface area (Å²) in [5.41, 5.74) is 4.66. The number of rotatable bonds is 9. The van der Waals surface area contributed by atoms with Gasteiger partial charge < -0.3 is 10.1 Å². The first-order valence-corrected chi connectivity index (χ1v) is 10.3. The number of hydrogen-bond donors (Lipinski definition) is 1. The minimum absolute atomic E-state index is 0.101. The van der Waals surface area contributed by atoms with Crippen LogP contribution >= 0.6 is 0 Å². The highest BCUT2D eigenvalue weighted by molar-refractivity contribution is 5.88. The van der Waals surface area contributed by atoms with Crippen molar-refractivity contribution in [3.63, 3.8) is 0 Å². The molecule has 2 aromatic carbocycles. The third kappa shape index (κ3) is 5.94. The fraction of sp³-hybridized carbons (Fsp3) is 0.333. The van der Waals surface area contributed by atoms with E-state index < -0.39 is 0 Å². The quantitative estimate of drug-likeness (QED) is 0.548. The van der Waals surface area contributed by atoms with Crippen LogP contribution in [0, 0.1) is 0 Å². The molecule has 1 amide bonds. The van der Waals surface area contributed by atoms with Crippen molar-refractivity contribution in [2.75, 3.05) is 11.9 Å². The van der Waals surface area contributed by atoms with Gasteiger partial charge in [0, 0.05) is 30.3 Å². The molecule has 30 heavy (non-hydrogen) atoms. The molecule has 3 rings (SSSR count). The van der Waals surface area contributed by atoms with E-state index in [0.29, 0.717) is 5.82 Å². The van der Waals surface area contributed by atoms with Crippen LogP contribution in [0.2, 0.25) is 0 Å². The topological polar surface area (TPSA) is 77.0 Å². The monoisotopic (exact) mass is 404 g/mol. The number of aromatic nitrogens is 3.